The Bertz CT molecular complexity index is 1620. The molecule has 1 aliphatic rings. The summed E-state index contributed by atoms with van der Waals surface area (Å²) >= 11 is 0. The van der Waals surface area contributed by atoms with Crippen LogP contribution in [0, 0.1) is 22.9 Å². The van der Waals surface area contributed by atoms with Crippen LogP contribution in [0.1, 0.15) is 47.3 Å². The van der Waals surface area contributed by atoms with Crippen LogP contribution in [0.15, 0.2) is 48.5 Å². The standard InChI is InChI=1S/C29H26F3N3O4/c1-39-22-4-2-3-11-29(22,38)27-23(15-5-7-16(8-6-15)28(36)37)24-21(12-17(14-33)26(34)25(24)32)35(27)18-9-10-19(30)20(31)13-18/h5-10,12-14,22,33,38H,2-4,11,34H2,1H3,(H,36,37). The number of ether oxygens (including phenoxy) is 1. The maximum absolute atomic E-state index is 16.1. The van der Waals surface area contributed by atoms with E-state index in [2.05, 4.69) is 0 Å². The quantitative estimate of drug-likeness (QED) is 0.184. The molecule has 2 atom stereocenters. The second kappa shape index (κ2) is 9.87. The minimum absolute atomic E-state index is 0.00173. The van der Waals surface area contributed by atoms with Crippen LogP contribution in [0.2, 0.25) is 0 Å². The molecule has 0 amide bonds. The average molecular weight is 538 g/mol. The molecule has 4 aromatic rings. The first-order chi connectivity index (χ1) is 18.6. The van der Waals surface area contributed by atoms with Gasteiger partial charge in [0.15, 0.2) is 17.5 Å². The molecule has 1 heterocycles. The normalized spacial score (nSPS) is 19.4. The number of carboxylic acids is 1. The summed E-state index contributed by atoms with van der Waals surface area (Å²) < 4.78 is 51.8. The third kappa shape index (κ3) is 4.16. The van der Waals surface area contributed by atoms with Gasteiger partial charge >= 0.3 is 5.97 Å². The molecule has 1 aromatic heterocycles. The number of aliphatic hydroxyl groups is 1. The number of rotatable bonds is 6. The minimum atomic E-state index is -1.70. The van der Waals surface area contributed by atoms with E-state index >= 15 is 4.39 Å². The number of hydrogen-bond acceptors (Lipinski definition) is 5. The van der Waals surface area contributed by atoms with Crippen molar-refractivity contribution in [3.63, 3.8) is 0 Å². The smallest absolute Gasteiger partial charge is 0.335 e. The van der Waals surface area contributed by atoms with Crippen LogP contribution in [0.25, 0.3) is 27.7 Å². The highest BCUT2D eigenvalue weighted by Crippen LogP contribution is 2.49. The lowest BCUT2D eigenvalue weighted by atomic mass is 9.77. The first-order valence-electron chi connectivity index (χ1n) is 12.3. The van der Waals surface area contributed by atoms with Crippen molar-refractivity contribution >= 4 is 28.8 Å². The number of aromatic nitrogens is 1. The van der Waals surface area contributed by atoms with Crippen LogP contribution >= 0.6 is 0 Å². The van der Waals surface area contributed by atoms with Crippen molar-refractivity contribution in [3.05, 3.63) is 82.8 Å². The molecule has 1 aliphatic carbocycles. The summed E-state index contributed by atoms with van der Waals surface area (Å²) in [4.78, 5) is 11.5. The maximum Gasteiger partial charge on any atom is 0.335 e. The summed E-state index contributed by atoms with van der Waals surface area (Å²) in [5, 5.41) is 29.5. The van der Waals surface area contributed by atoms with Crippen molar-refractivity contribution < 1.29 is 32.9 Å². The maximum atomic E-state index is 16.1. The van der Waals surface area contributed by atoms with Gasteiger partial charge in [-0.3, -0.25) is 0 Å². The zero-order valence-electron chi connectivity index (χ0n) is 21.0. The van der Waals surface area contributed by atoms with Gasteiger partial charge in [0.25, 0.3) is 0 Å². The highest BCUT2D eigenvalue weighted by Gasteiger charge is 2.46. The van der Waals surface area contributed by atoms with Crippen LogP contribution in [0.4, 0.5) is 18.9 Å². The molecule has 5 rings (SSSR count). The Morgan fingerprint density at radius 2 is 1.85 bits per heavy atom. The zero-order valence-corrected chi connectivity index (χ0v) is 21.0. The molecule has 7 nitrogen and oxygen atoms in total. The number of nitrogens with one attached hydrogen (secondary N) is 1. The minimum Gasteiger partial charge on any atom is -0.478 e. The molecule has 1 fully saturated rings. The number of carboxylic acid groups (broad SMARTS) is 1. The zero-order chi connectivity index (χ0) is 28.1. The molecule has 5 N–H and O–H groups in total. The van der Waals surface area contributed by atoms with Crippen molar-refractivity contribution in [3.8, 4) is 16.8 Å². The molecule has 10 heteroatoms. The Morgan fingerprint density at radius 3 is 2.46 bits per heavy atom. The third-order valence-corrected chi connectivity index (χ3v) is 7.51. The Morgan fingerprint density at radius 1 is 1.13 bits per heavy atom. The van der Waals surface area contributed by atoms with E-state index in [4.69, 9.17) is 15.9 Å². The fraction of sp³-hybridized carbons (Fsp3) is 0.241. The van der Waals surface area contributed by atoms with E-state index in [0.717, 1.165) is 24.8 Å². The first-order valence-corrected chi connectivity index (χ1v) is 12.3. The van der Waals surface area contributed by atoms with Gasteiger partial charge in [-0.25, -0.2) is 18.0 Å². The van der Waals surface area contributed by atoms with Gasteiger partial charge < -0.3 is 30.7 Å². The van der Waals surface area contributed by atoms with E-state index in [0.29, 0.717) is 18.4 Å². The molecule has 0 saturated heterocycles. The SMILES string of the molecule is COC1CCCCC1(O)c1c(-c2ccc(C(=O)O)cc2)c2c(F)c(N)c(C=N)cc2n1-c1ccc(F)c(F)c1. The van der Waals surface area contributed by atoms with Crippen molar-refractivity contribution in [1.82, 2.24) is 4.57 Å². The molecular weight excluding hydrogens is 511 g/mol. The summed E-state index contributed by atoms with van der Waals surface area (Å²) in [5.74, 6) is -4.24. The summed E-state index contributed by atoms with van der Waals surface area (Å²) in [6.07, 6.45) is 2.26. The lowest BCUT2D eigenvalue weighted by molar-refractivity contribution is -0.125. The van der Waals surface area contributed by atoms with E-state index in [1.807, 2.05) is 0 Å². The van der Waals surface area contributed by atoms with Gasteiger partial charge in [0, 0.05) is 41.6 Å². The van der Waals surface area contributed by atoms with E-state index in [1.54, 1.807) is 0 Å². The number of carbonyl (C=O) groups is 1. The van der Waals surface area contributed by atoms with E-state index in [1.165, 1.54) is 48.1 Å². The molecular formula is C29H26F3N3O4. The molecule has 0 radical (unpaired) electrons. The van der Waals surface area contributed by atoms with E-state index in [-0.39, 0.29) is 51.1 Å². The predicted octanol–water partition coefficient (Wildman–Crippen LogP) is 5.77. The van der Waals surface area contributed by atoms with Gasteiger partial charge in [0.1, 0.15) is 5.60 Å². The fourth-order valence-electron chi connectivity index (χ4n) is 5.63. The number of methoxy groups -OCH3 is 1. The van der Waals surface area contributed by atoms with Gasteiger partial charge in [-0.1, -0.05) is 18.6 Å². The molecule has 2 unspecified atom stereocenters. The van der Waals surface area contributed by atoms with Crippen LogP contribution in [-0.2, 0) is 10.3 Å². The number of aromatic carboxylic acids is 1. The largest absolute Gasteiger partial charge is 0.478 e. The lowest BCUT2D eigenvalue weighted by Gasteiger charge is -2.40. The number of hydrogen-bond donors (Lipinski definition) is 4. The third-order valence-electron chi connectivity index (χ3n) is 7.51. The van der Waals surface area contributed by atoms with Crippen molar-refractivity contribution in [1.29, 1.82) is 5.41 Å². The molecule has 3 aromatic carbocycles. The molecule has 202 valence electrons. The summed E-state index contributed by atoms with van der Waals surface area (Å²) in [7, 11) is 1.46. The van der Waals surface area contributed by atoms with Crippen molar-refractivity contribution in [2.24, 2.45) is 0 Å². The number of benzene rings is 3. The fourth-order valence-corrected chi connectivity index (χ4v) is 5.63. The topological polar surface area (TPSA) is 122 Å². The Balaban J connectivity index is 2.01. The summed E-state index contributed by atoms with van der Waals surface area (Å²) in [6.45, 7) is 0. The van der Waals surface area contributed by atoms with Crippen molar-refractivity contribution in [2.45, 2.75) is 37.4 Å². The highest BCUT2D eigenvalue weighted by molar-refractivity contribution is 6.05. The van der Waals surface area contributed by atoms with Crippen molar-refractivity contribution in [2.75, 3.05) is 12.8 Å². The van der Waals surface area contributed by atoms with E-state index in [9.17, 15) is 23.8 Å². The molecule has 39 heavy (non-hydrogen) atoms. The number of nitrogen functional groups attached to an aromatic ring is 1. The number of nitrogens with two attached hydrogens (primary N) is 1. The van der Waals surface area contributed by atoms with Crippen LogP contribution < -0.4 is 5.73 Å². The van der Waals surface area contributed by atoms with Gasteiger partial charge in [-0.2, -0.15) is 0 Å². The molecule has 0 aliphatic heterocycles. The monoisotopic (exact) mass is 537 g/mol. The number of anilines is 1. The second-order valence-electron chi connectivity index (χ2n) is 9.67. The first kappa shape index (κ1) is 26.5. The average Bonchev–Trinajstić information content (AvgIpc) is 3.28. The second-order valence-corrected chi connectivity index (χ2v) is 9.67. The predicted molar refractivity (Wildman–Crippen MR) is 141 cm³/mol. The number of nitrogens with zero attached hydrogens (tertiary/aromatic N) is 1. The van der Waals surface area contributed by atoms with Crippen LogP contribution in [0.5, 0.6) is 0 Å². The van der Waals surface area contributed by atoms with Gasteiger partial charge in [0.05, 0.1) is 28.6 Å². The molecule has 1 saturated carbocycles. The van der Waals surface area contributed by atoms with Gasteiger partial charge in [-0.05, 0) is 55.2 Å². The Kier molecular flexibility index (Phi) is 6.69. The van der Waals surface area contributed by atoms with Gasteiger partial charge in [0.2, 0.25) is 0 Å². The Hall–Kier alpha value is -4.15. The number of fused-ring (bicyclic) bond motifs is 1. The van der Waals surface area contributed by atoms with Crippen LogP contribution in [0.3, 0.4) is 0 Å². The Labute approximate surface area is 221 Å². The molecule has 0 spiro atoms. The summed E-state index contributed by atoms with van der Waals surface area (Å²) in [6, 6.07) is 10.3. The summed E-state index contributed by atoms with van der Waals surface area (Å²) in [5.41, 5.74) is 5.13. The van der Waals surface area contributed by atoms with Crippen LogP contribution in [-0.4, -0.2) is 40.2 Å². The van der Waals surface area contributed by atoms with Gasteiger partial charge in [-0.15, -0.1) is 0 Å². The molecule has 0 bridgehead atoms. The lowest BCUT2D eigenvalue weighted by Crippen LogP contribution is -2.45. The van der Waals surface area contributed by atoms with E-state index < -0.39 is 35.1 Å². The highest BCUT2D eigenvalue weighted by atomic mass is 19.2. The number of halogens is 3.